The lowest BCUT2D eigenvalue weighted by atomic mass is 9.49. The first-order valence-electron chi connectivity index (χ1n) is 9.92. The first-order chi connectivity index (χ1) is 12.5. The molecule has 140 valence electrons. The molecular weight excluding hydrogens is 326 g/mol. The van der Waals surface area contributed by atoms with Crippen LogP contribution in [0.25, 0.3) is 0 Å². The van der Waals surface area contributed by atoms with Crippen molar-refractivity contribution in [3.63, 3.8) is 0 Å². The first-order valence-corrected chi connectivity index (χ1v) is 9.92. The van der Waals surface area contributed by atoms with Gasteiger partial charge in [0.2, 0.25) is 5.91 Å². The molecule has 0 saturated heterocycles. The van der Waals surface area contributed by atoms with Gasteiger partial charge in [0.15, 0.2) is 0 Å². The van der Waals surface area contributed by atoms with Gasteiger partial charge >= 0.3 is 6.03 Å². The monoisotopic (exact) mass is 355 g/mol. The second kappa shape index (κ2) is 6.93. The quantitative estimate of drug-likeness (QED) is 0.733. The predicted octanol–water partition coefficient (Wildman–Crippen LogP) is 2.84. The van der Waals surface area contributed by atoms with Crippen LogP contribution >= 0.6 is 0 Å². The third-order valence-electron chi connectivity index (χ3n) is 6.70. The summed E-state index contributed by atoms with van der Waals surface area (Å²) >= 11 is 0. The van der Waals surface area contributed by atoms with E-state index in [2.05, 4.69) is 10.6 Å². The number of carbonyl (C=O) groups is 2. The normalized spacial score (nSPS) is 31.6. The van der Waals surface area contributed by atoms with Crippen LogP contribution in [0.5, 0.6) is 0 Å². The van der Waals surface area contributed by atoms with Gasteiger partial charge in [-0.25, -0.2) is 4.79 Å². The molecule has 4 aliphatic carbocycles. The summed E-state index contributed by atoms with van der Waals surface area (Å²) in [6.45, 7) is 1.37. The molecule has 5 heteroatoms. The van der Waals surface area contributed by atoms with Gasteiger partial charge in [-0.3, -0.25) is 4.79 Å². The molecule has 26 heavy (non-hydrogen) atoms. The van der Waals surface area contributed by atoms with E-state index in [1.54, 1.807) is 12.1 Å². The third-order valence-corrected chi connectivity index (χ3v) is 6.70. The largest absolute Gasteiger partial charge is 0.366 e. The topological polar surface area (TPSA) is 84.2 Å². The van der Waals surface area contributed by atoms with Crippen LogP contribution in [-0.4, -0.2) is 25.0 Å². The highest BCUT2D eigenvalue weighted by Crippen LogP contribution is 2.59. The Balaban J connectivity index is 1.22. The van der Waals surface area contributed by atoms with Crippen molar-refractivity contribution in [2.75, 3.05) is 13.1 Å². The van der Waals surface area contributed by atoms with Crippen LogP contribution in [0.2, 0.25) is 0 Å². The van der Waals surface area contributed by atoms with E-state index in [1.165, 1.54) is 38.5 Å². The number of hydrogen-bond acceptors (Lipinski definition) is 2. The Kier molecular flexibility index (Phi) is 4.63. The molecule has 5 rings (SSSR count). The number of amides is 3. The van der Waals surface area contributed by atoms with E-state index >= 15 is 0 Å². The van der Waals surface area contributed by atoms with Gasteiger partial charge in [0.25, 0.3) is 0 Å². The molecule has 0 radical (unpaired) electrons. The highest BCUT2D eigenvalue weighted by atomic mass is 16.2. The fraction of sp³-hybridized carbons (Fsp3) is 0.619. The number of nitrogens with two attached hydrogens (primary N) is 1. The van der Waals surface area contributed by atoms with E-state index in [1.807, 2.05) is 12.1 Å². The van der Waals surface area contributed by atoms with E-state index in [9.17, 15) is 9.59 Å². The number of hydrogen-bond donors (Lipinski definition) is 3. The molecule has 1 aromatic carbocycles. The van der Waals surface area contributed by atoms with Crippen molar-refractivity contribution in [2.45, 2.75) is 44.9 Å². The summed E-state index contributed by atoms with van der Waals surface area (Å²) in [6, 6.07) is 7.19. The maximum atomic E-state index is 12.2. The molecule has 1 aromatic rings. The Morgan fingerprint density at radius 1 is 1.04 bits per heavy atom. The van der Waals surface area contributed by atoms with Crippen LogP contribution in [0.3, 0.4) is 0 Å². The Labute approximate surface area is 155 Å². The van der Waals surface area contributed by atoms with Gasteiger partial charge in [0.1, 0.15) is 0 Å². The van der Waals surface area contributed by atoms with Crippen molar-refractivity contribution in [1.29, 1.82) is 0 Å². The SMILES string of the molecule is NC(=O)c1cccc(CCNC(=O)NCC23CC4CC(CC(C4)C2)C3)c1. The fourth-order valence-corrected chi connectivity index (χ4v) is 6.04. The zero-order valence-corrected chi connectivity index (χ0v) is 15.3. The summed E-state index contributed by atoms with van der Waals surface area (Å²) in [5.74, 6) is 2.30. The molecule has 0 unspecified atom stereocenters. The number of primary amides is 1. The number of benzene rings is 1. The van der Waals surface area contributed by atoms with Crippen molar-refractivity contribution in [3.8, 4) is 0 Å². The van der Waals surface area contributed by atoms with Crippen molar-refractivity contribution >= 4 is 11.9 Å². The lowest BCUT2D eigenvalue weighted by molar-refractivity contribution is -0.0498. The van der Waals surface area contributed by atoms with E-state index in [0.717, 1.165) is 29.9 Å². The average molecular weight is 355 g/mol. The van der Waals surface area contributed by atoms with Crippen LogP contribution < -0.4 is 16.4 Å². The highest BCUT2D eigenvalue weighted by molar-refractivity contribution is 5.92. The standard InChI is InChI=1S/C21H29N3O2/c22-19(25)18-3-1-2-14(9-18)4-5-23-20(26)24-13-21-10-15-6-16(11-21)8-17(7-15)12-21/h1-3,9,15-17H,4-8,10-13H2,(H2,22,25)(H2,23,24,26). The van der Waals surface area contributed by atoms with Crippen molar-refractivity contribution in [2.24, 2.45) is 28.9 Å². The molecule has 4 aliphatic rings. The molecule has 4 saturated carbocycles. The molecule has 4 N–H and O–H groups in total. The molecule has 3 amide bonds. The van der Waals surface area contributed by atoms with Gasteiger partial charge in [0.05, 0.1) is 0 Å². The van der Waals surface area contributed by atoms with Crippen LogP contribution in [0.1, 0.15) is 54.4 Å². The Morgan fingerprint density at radius 2 is 1.69 bits per heavy atom. The minimum atomic E-state index is -0.423. The fourth-order valence-electron chi connectivity index (χ4n) is 6.04. The molecule has 0 aliphatic heterocycles. The zero-order chi connectivity index (χ0) is 18.1. The molecule has 5 nitrogen and oxygen atoms in total. The summed E-state index contributed by atoms with van der Waals surface area (Å²) < 4.78 is 0. The van der Waals surface area contributed by atoms with Crippen LogP contribution in [0, 0.1) is 23.2 Å². The molecule has 0 spiro atoms. The Hall–Kier alpha value is -2.04. The highest BCUT2D eigenvalue weighted by Gasteiger charge is 2.50. The van der Waals surface area contributed by atoms with Crippen LogP contribution in [-0.2, 0) is 6.42 Å². The molecule has 4 fully saturated rings. The lowest BCUT2D eigenvalue weighted by Gasteiger charge is -2.56. The van der Waals surface area contributed by atoms with Crippen molar-refractivity contribution in [3.05, 3.63) is 35.4 Å². The van der Waals surface area contributed by atoms with E-state index in [0.29, 0.717) is 23.9 Å². The summed E-state index contributed by atoms with van der Waals surface area (Å²) in [5.41, 5.74) is 7.18. The summed E-state index contributed by atoms with van der Waals surface area (Å²) in [7, 11) is 0. The van der Waals surface area contributed by atoms with Gasteiger partial charge in [0, 0.05) is 18.7 Å². The lowest BCUT2D eigenvalue weighted by Crippen LogP contribution is -2.52. The molecule has 0 atom stereocenters. The van der Waals surface area contributed by atoms with Crippen molar-refractivity contribution < 1.29 is 9.59 Å². The first kappa shape index (κ1) is 17.4. The van der Waals surface area contributed by atoms with Gasteiger partial charge < -0.3 is 16.4 Å². The van der Waals surface area contributed by atoms with Crippen LogP contribution in [0.15, 0.2) is 24.3 Å². The number of rotatable bonds is 6. The smallest absolute Gasteiger partial charge is 0.314 e. The number of carbonyl (C=O) groups excluding carboxylic acids is 2. The summed E-state index contributed by atoms with van der Waals surface area (Å²) in [6.07, 6.45) is 8.88. The summed E-state index contributed by atoms with van der Waals surface area (Å²) in [5, 5.41) is 6.08. The molecule has 0 aromatic heterocycles. The molecule has 4 bridgehead atoms. The van der Waals surface area contributed by atoms with Gasteiger partial charge in [-0.05, 0) is 85.8 Å². The summed E-state index contributed by atoms with van der Waals surface area (Å²) in [4.78, 5) is 23.4. The minimum Gasteiger partial charge on any atom is -0.366 e. The number of nitrogens with one attached hydrogen (secondary N) is 2. The van der Waals surface area contributed by atoms with E-state index in [4.69, 9.17) is 5.73 Å². The zero-order valence-electron chi connectivity index (χ0n) is 15.3. The van der Waals surface area contributed by atoms with Crippen molar-refractivity contribution in [1.82, 2.24) is 10.6 Å². The maximum Gasteiger partial charge on any atom is 0.314 e. The second-order valence-electron chi connectivity index (χ2n) is 8.84. The Bertz CT molecular complexity index is 665. The number of urea groups is 1. The van der Waals surface area contributed by atoms with Gasteiger partial charge in [-0.1, -0.05) is 12.1 Å². The predicted molar refractivity (Wildman–Crippen MR) is 101 cm³/mol. The second-order valence-corrected chi connectivity index (χ2v) is 8.84. The van der Waals surface area contributed by atoms with Crippen LogP contribution in [0.4, 0.5) is 4.79 Å². The third kappa shape index (κ3) is 3.71. The van der Waals surface area contributed by atoms with Gasteiger partial charge in [-0.15, -0.1) is 0 Å². The average Bonchev–Trinajstić information content (AvgIpc) is 2.59. The Morgan fingerprint density at radius 3 is 2.31 bits per heavy atom. The van der Waals surface area contributed by atoms with Gasteiger partial charge in [-0.2, -0.15) is 0 Å². The van der Waals surface area contributed by atoms with E-state index in [-0.39, 0.29) is 6.03 Å². The maximum absolute atomic E-state index is 12.2. The minimum absolute atomic E-state index is 0.0770. The molecular formula is C21H29N3O2. The van der Waals surface area contributed by atoms with E-state index < -0.39 is 5.91 Å². The molecule has 0 heterocycles.